The van der Waals surface area contributed by atoms with Crippen LogP contribution in [0.1, 0.15) is 30.9 Å². The Morgan fingerprint density at radius 1 is 1.43 bits per heavy atom. The van der Waals surface area contributed by atoms with Gasteiger partial charge in [-0.05, 0) is 12.5 Å². The lowest BCUT2D eigenvalue weighted by molar-refractivity contribution is 0.810. The molecule has 0 saturated heterocycles. The molecule has 0 amide bonds. The van der Waals surface area contributed by atoms with Crippen molar-refractivity contribution in [3.8, 4) is 6.07 Å². The maximum atomic E-state index is 8.81. The number of unbranched alkanes of at least 4 members (excludes halogenated alkanes) is 1. The molecular weight excluding hydrogens is 172 g/mol. The molecular formula is C12H14N2. The van der Waals surface area contributed by atoms with Crippen molar-refractivity contribution in [1.29, 1.82) is 5.26 Å². The van der Waals surface area contributed by atoms with Gasteiger partial charge in [0.1, 0.15) is 0 Å². The lowest BCUT2D eigenvalue weighted by Crippen LogP contribution is -1.88. The molecule has 0 heterocycles. The van der Waals surface area contributed by atoms with Gasteiger partial charge in [-0.25, -0.2) is 0 Å². The van der Waals surface area contributed by atoms with Crippen molar-refractivity contribution in [2.45, 2.75) is 19.8 Å². The zero-order valence-corrected chi connectivity index (χ0v) is 8.40. The van der Waals surface area contributed by atoms with Crippen molar-refractivity contribution in [2.24, 2.45) is 4.99 Å². The van der Waals surface area contributed by atoms with Crippen LogP contribution in [0.15, 0.2) is 29.3 Å². The Labute approximate surface area is 84.9 Å². The van der Waals surface area contributed by atoms with Crippen molar-refractivity contribution in [1.82, 2.24) is 0 Å². The van der Waals surface area contributed by atoms with Crippen molar-refractivity contribution < 1.29 is 0 Å². The van der Waals surface area contributed by atoms with Gasteiger partial charge in [0.05, 0.1) is 11.6 Å². The normalized spacial score (nSPS) is 10.3. The Hall–Kier alpha value is -1.62. The SMILES string of the molecule is CCCCN=Cc1ccccc1C#N. The monoisotopic (exact) mass is 186 g/mol. The minimum atomic E-state index is 0.688. The van der Waals surface area contributed by atoms with Gasteiger partial charge in [-0.3, -0.25) is 4.99 Å². The van der Waals surface area contributed by atoms with E-state index in [2.05, 4.69) is 18.0 Å². The van der Waals surface area contributed by atoms with E-state index in [-0.39, 0.29) is 0 Å². The zero-order chi connectivity index (χ0) is 10.2. The Morgan fingerprint density at radius 2 is 2.21 bits per heavy atom. The van der Waals surface area contributed by atoms with Crippen LogP contribution in [-0.2, 0) is 0 Å². The summed E-state index contributed by atoms with van der Waals surface area (Å²) < 4.78 is 0. The molecule has 0 fully saturated rings. The molecule has 2 nitrogen and oxygen atoms in total. The summed E-state index contributed by atoms with van der Waals surface area (Å²) in [5.74, 6) is 0. The van der Waals surface area contributed by atoms with E-state index >= 15 is 0 Å². The summed E-state index contributed by atoms with van der Waals surface area (Å²) in [5, 5.41) is 8.81. The van der Waals surface area contributed by atoms with E-state index in [1.54, 1.807) is 12.3 Å². The maximum Gasteiger partial charge on any atom is 0.0998 e. The van der Waals surface area contributed by atoms with Gasteiger partial charge in [-0.15, -0.1) is 0 Å². The first-order chi connectivity index (χ1) is 6.88. The van der Waals surface area contributed by atoms with Gasteiger partial charge in [0.25, 0.3) is 0 Å². The summed E-state index contributed by atoms with van der Waals surface area (Å²) in [6, 6.07) is 9.64. The third-order valence-electron chi connectivity index (χ3n) is 1.95. The lowest BCUT2D eigenvalue weighted by atomic mass is 10.1. The van der Waals surface area contributed by atoms with Crippen LogP contribution in [0, 0.1) is 11.3 Å². The highest BCUT2D eigenvalue weighted by Crippen LogP contribution is 2.04. The minimum Gasteiger partial charge on any atom is -0.293 e. The molecule has 0 aliphatic rings. The van der Waals surface area contributed by atoms with E-state index in [1.807, 2.05) is 18.2 Å². The molecule has 0 unspecified atom stereocenters. The van der Waals surface area contributed by atoms with Crippen LogP contribution in [0.2, 0.25) is 0 Å². The van der Waals surface area contributed by atoms with Crippen molar-refractivity contribution >= 4 is 6.21 Å². The second-order valence-electron chi connectivity index (χ2n) is 3.09. The highest BCUT2D eigenvalue weighted by atomic mass is 14.7. The summed E-state index contributed by atoms with van der Waals surface area (Å²) in [6.45, 7) is 2.98. The number of benzene rings is 1. The first-order valence-electron chi connectivity index (χ1n) is 4.87. The highest BCUT2D eigenvalue weighted by Gasteiger charge is 1.95. The molecule has 0 aliphatic heterocycles. The molecule has 14 heavy (non-hydrogen) atoms. The zero-order valence-electron chi connectivity index (χ0n) is 8.40. The van der Waals surface area contributed by atoms with Gasteiger partial charge >= 0.3 is 0 Å². The topological polar surface area (TPSA) is 36.1 Å². The average molecular weight is 186 g/mol. The molecule has 0 saturated carbocycles. The molecule has 2 heteroatoms. The number of rotatable bonds is 4. The Bertz CT molecular complexity index is 348. The van der Waals surface area contributed by atoms with E-state index in [9.17, 15) is 0 Å². The van der Waals surface area contributed by atoms with Crippen LogP contribution >= 0.6 is 0 Å². The first kappa shape index (κ1) is 10.5. The predicted octanol–water partition coefficient (Wildman–Crippen LogP) is 2.78. The summed E-state index contributed by atoms with van der Waals surface area (Å²) in [4.78, 5) is 4.26. The maximum absolute atomic E-state index is 8.81. The van der Waals surface area contributed by atoms with E-state index in [0.717, 1.165) is 24.9 Å². The summed E-state index contributed by atoms with van der Waals surface area (Å²) in [6.07, 6.45) is 4.04. The van der Waals surface area contributed by atoms with Gasteiger partial charge in [-0.1, -0.05) is 31.5 Å². The number of nitrogens with zero attached hydrogens (tertiary/aromatic N) is 2. The molecule has 0 N–H and O–H groups in total. The predicted molar refractivity (Wildman–Crippen MR) is 58.5 cm³/mol. The Kier molecular flexibility index (Phi) is 4.43. The Morgan fingerprint density at radius 3 is 2.93 bits per heavy atom. The van der Waals surface area contributed by atoms with Gasteiger partial charge < -0.3 is 0 Å². The molecule has 0 bridgehead atoms. The van der Waals surface area contributed by atoms with Crippen LogP contribution in [-0.4, -0.2) is 12.8 Å². The molecule has 0 aliphatic carbocycles. The van der Waals surface area contributed by atoms with Crippen LogP contribution in [0.3, 0.4) is 0 Å². The van der Waals surface area contributed by atoms with Crippen molar-refractivity contribution in [3.63, 3.8) is 0 Å². The largest absolute Gasteiger partial charge is 0.293 e. The van der Waals surface area contributed by atoms with E-state index < -0.39 is 0 Å². The smallest absolute Gasteiger partial charge is 0.0998 e. The minimum absolute atomic E-state index is 0.688. The molecule has 1 aromatic rings. The molecule has 1 aromatic carbocycles. The van der Waals surface area contributed by atoms with E-state index in [4.69, 9.17) is 5.26 Å². The van der Waals surface area contributed by atoms with Crippen LogP contribution < -0.4 is 0 Å². The first-order valence-corrected chi connectivity index (χ1v) is 4.87. The van der Waals surface area contributed by atoms with Gasteiger partial charge in [-0.2, -0.15) is 5.26 Å². The summed E-state index contributed by atoms with van der Waals surface area (Å²) in [7, 11) is 0. The van der Waals surface area contributed by atoms with Crippen molar-refractivity contribution in [2.75, 3.05) is 6.54 Å². The number of aliphatic imine (C=N–C) groups is 1. The second kappa shape index (κ2) is 5.93. The fraction of sp³-hybridized carbons (Fsp3) is 0.333. The third-order valence-corrected chi connectivity index (χ3v) is 1.95. The van der Waals surface area contributed by atoms with E-state index in [0.29, 0.717) is 5.56 Å². The number of hydrogen-bond donors (Lipinski definition) is 0. The third kappa shape index (κ3) is 3.02. The summed E-state index contributed by atoms with van der Waals surface area (Å²) in [5.41, 5.74) is 1.60. The molecule has 0 radical (unpaired) electrons. The molecule has 0 atom stereocenters. The number of hydrogen-bond acceptors (Lipinski definition) is 2. The fourth-order valence-electron chi connectivity index (χ4n) is 1.12. The second-order valence-corrected chi connectivity index (χ2v) is 3.09. The van der Waals surface area contributed by atoms with Crippen LogP contribution in [0.5, 0.6) is 0 Å². The standard InChI is InChI=1S/C12H14N2/c1-2-3-8-14-10-12-7-5-4-6-11(12)9-13/h4-7,10H,2-3,8H2,1H3. The Balaban J connectivity index is 2.67. The van der Waals surface area contributed by atoms with Crippen molar-refractivity contribution in [3.05, 3.63) is 35.4 Å². The summed E-state index contributed by atoms with van der Waals surface area (Å²) >= 11 is 0. The van der Waals surface area contributed by atoms with Crippen LogP contribution in [0.4, 0.5) is 0 Å². The lowest BCUT2D eigenvalue weighted by Gasteiger charge is -1.95. The molecule has 1 rings (SSSR count). The average Bonchev–Trinajstić information content (AvgIpc) is 2.25. The fourth-order valence-corrected chi connectivity index (χ4v) is 1.12. The highest BCUT2D eigenvalue weighted by molar-refractivity contribution is 5.83. The van der Waals surface area contributed by atoms with Gasteiger partial charge in [0.2, 0.25) is 0 Å². The van der Waals surface area contributed by atoms with Crippen LogP contribution in [0.25, 0.3) is 0 Å². The quantitative estimate of drug-likeness (QED) is 0.526. The van der Waals surface area contributed by atoms with Gasteiger partial charge in [0, 0.05) is 18.3 Å². The molecule has 0 aromatic heterocycles. The van der Waals surface area contributed by atoms with Gasteiger partial charge in [0.15, 0.2) is 0 Å². The molecule has 0 spiro atoms. The number of nitriles is 1. The molecule has 72 valence electrons. The van der Waals surface area contributed by atoms with E-state index in [1.165, 1.54) is 0 Å².